The Morgan fingerprint density at radius 3 is 2.71 bits per heavy atom. The number of amides is 2. The number of imide groups is 1. The van der Waals surface area contributed by atoms with Crippen LogP contribution in [0.15, 0.2) is 11.6 Å². The smallest absolute Gasteiger partial charge is 0.257 e. The standard InChI is InChI=1S/C10H13NO3/c1-5-3-6(2)8-7(4-5)9(12)11(14)10(8)13/h3,6-8,14H,4H2,1-2H3/t6-,7-,8+/m1/s1. The highest BCUT2D eigenvalue weighted by Crippen LogP contribution is 2.39. The highest BCUT2D eigenvalue weighted by molar-refractivity contribution is 6.04. The van der Waals surface area contributed by atoms with Crippen LogP contribution in [0.1, 0.15) is 20.3 Å². The van der Waals surface area contributed by atoms with Crippen LogP contribution in [0.5, 0.6) is 0 Å². The van der Waals surface area contributed by atoms with Gasteiger partial charge in [0, 0.05) is 0 Å². The molecule has 1 aliphatic heterocycles. The highest BCUT2D eigenvalue weighted by atomic mass is 16.5. The molecule has 0 saturated carbocycles. The molecule has 14 heavy (non-hydrogen) atoms. The zero-order valence-electron chi connectivity index (χ0n) is 8.23. The Morgan fingerprint density at radius 1 is 1.43 bits per heavy atom. The van der Waals surface area contributed by atoms with Crippen molar-refractivity contribution in [3.8, 4) is 0 Å². The summed E-state index contributed by atoms with van der Waals surface area (Å²) in [6.07, 6.45) is 2.60. The summed E-state index contributed by atoms with van der Waals surface area (Å²) in [4.78, 5) is 23.0. The minimum atomic E-state index is -0.448. The number of fused-ring (bicyclic) bond motifs is 1. The Balaban J connectivity index is 2.37. The molecule has 1 heterocycles. The van der Waals surface area contributed by atoms with Gasteiger partial charge in [0.2, 0.25) is 0 Å². The molecule has 0 radical (unpaired) electrons. The predicted molar refractivity (Wildman–Crippen MR) is 48.2 cm³/mol. The number of hydrogen-bond acceptors (Lipinski definition) is 3. The van der Waals surface area contributed by atoms with Crippen LogP contribution < -0.4 is 0 Å². The van der Waals surface area contributed by atoms with Crippen molar-refractivity contribution < 1.29 is 14.8 Å². The molecule has 4 heteroatoms. The second-order valence-electron chi connectivity index (χ2n) is 4.20. The van der Waals surface area contributed by atoms with Gasteiger partial charge in [0.25, 0.3) is 11.8 Å². The maximum atomic E-state index is 11.5. The second kappa shape index (κ2) is 2.92. The molecule has 1 saturated heterocycles. The van der Waals surface area contributed by atoms with Gasteiger partial charge >= 0.3 is 0 Å². The summed E-state index contributed by atoms with van der Waals surface area (Å²) in [5, 5.41) is 9.50. The number of nitrogens with zero attached hydrogens (tertiary/aromatic N) is 1. The van der Waals surface area contributed by atoms with Crippen molar-refractivity contribution in [3.63, 3.8) is 0 Å². The molecular weight excluding hydrogens is 182 g/mol. The molecule has 76 valence electrons. The predicted octanol–water partition coefficient (Wildman–Crippen LogP) is 0.963. The molecule has 0 bridgehead atoms. The van der Waals surface area contributed by atoms with E-state index in [9.17, 15) is 14.8 Å². The second-order valence-corrected chi connectivity index (χ2v) is 4.20. The molecule has 0 aromatic rings. The van der Waals surface area contributed by atoms with Crippen molar-refractivity contribution in [2.45, 2.75) is 20.3 Å². The highest BCUT2D eigenvalue weighted by Gasteiger charge is 2.50. The van der Waals surface area contributed by atoms with Crippen LogP contribution in [0.3, 0.4) is 0 Å². The van der Waals surface area contributed by atoms with E-state index in [1.54, 1.807) is 0 Å². The molecule has 3 atom stereocenters. The van der Waals surface area contributed by atoms with Crippen LogP contribution in [-0.4, -0.2) is 22.1 Å². The first-order valence-electron chi connectivity index (χ1n) is 4.76. The largest absolute Gasteiger partial charge is 0.278 e. The minimum absolute atomic E-state index is 0.0438. The van der Waals surface area contributed by atoms with E-state index >= 15 is 0 Å². The van der Waals surface area contributed by atoms with Crippen molar-refractivity contribution in [1.29, 1.82) is 0 Å². The van der Waals surface area contributed by atoms with E-state index in [1.165, 1.54) is 0 Å². The lowest BCUT2D eigenvalue weighted by atomic mass is 9.76. The third-order valence-electron chi connectivity index (χ3n) is 3.11. The molecule has 1 N–H and O–H groups in total. The lowest BCUT2D eigenvalue weighted by molar-refractivity contribution is -0.173. The number of allylic oxidation sites excluding steroid dienone is 2. The average molecular weight is 195 g/mol. The van der Waals surface area contributed by atoms with Gasteiger partial charge in [-0.25, -0.2) is 0 Å². The van der Waals surface area contributed by atoms with Gasteiger partial charge in [-0.05, 0) is 19.3 Å². The van der Waals surface area contributed by atoms with Crippen LogP contribution in [0, 0.1) is 17.8 Å². The normalized spacial score (nSPS) is 37.2. The molecular formula is C10H13NO3. The van der Waals surface area contributed by atoms with Crippen molar-refractivity contribution in [2.24, 2.45) is 17.8 Å². The Hall–Kier alpha value is -1.16. The van der Waals surface area contributed by atoms with Crippen molar-refractivity contribution >= 4 is 11.8 Å². The van der Waals surface area contributed by atoms with E-state index in [-0.39, 0.29) is 22.8 Å². The Kier molecular flexibility index (Phi) is 1.96. The fourth-order valence-electron chi connectivity index (χ4n) is 2.51. The third kappa shape index (κ3) is 1.10. The van der Waals surface area contributed by atoms with Crippen LogP contribution in [0.4, 0.5) is 0 Å². The molecule has 4 nitrogen and oxygen atoms in total. The van der Waals surface area contributed by atoms with Crippen LogP contribution >= 0.6 is 0 Å². The molecule has 2 amide bonds. The van der Waals surface area contributed by atoms with E-state index in [0.29, 0.717) is 6.42 Å². The molecule has 2 aliphatic rings. The molecule has 2 rings (SSSR count). The summed E-state index contributed by atoms with van der Waals surface area (Å²) >= 11 is 0. The summed E-state index contributed by atoms with van der Waals surface area (Å²) < 4.78 is 0. The Bertz CT molecular complexity index is 334. The number of rotatable bonds is 0. The molecule has 0 aromatic carbocycles. The maximum Gasteiger partial charge on any atom is 0.257 e. The third-order valence-corrected chi connectivity index (χ3v) is 3.11. The summed E-state index contributed by atoms with van der Waals surface area (Å²) in [7, 11) is 0. The van der Waals surface area contributed by atoms with Gasteiger partial charge in [-0.1, -0.05) is 18.6 Å². The van der Waals surface area contributed by atoms with E-state index in [2.05, 4.69) is 0 Å². The monoisotopic (exact) mass is 195 g/mol. The van der Waals surface area contributed by atoms with Gasteiger partial charge in [0.1, 0.15) is 0 Å². The molecule has 1 fully saturated rings. The summed E-state index contributed by atoms with van der Waals surface area (Å²) in [5.41, 5.74) is 1.12. The summed E-state index contributed by atoms with van der Waals surface area (Å²) in [6.45, 7) is 3.86. The number of hydrogen-bond donors (Lipinski definition) is 1. The minimum Gasteiger partial charge on any atom is -0.278 e. The average Bonchev–Trinajstić information content (AvgIpc) is 2.31. The fourth-order valence-corrected chi connectivity index (χ4v) is 2.51. The first-order chi connectivity index (χ1) is 6.52. The number of carbonyl (C=O) groups is 2. The van der Waals surface area contributed by atoms with Crippen molar-refractivity contribution in [3.05, 3.63) is 11.6 Å². The van der Waals surface area contributed by atoms with Crippen LogP contribution in [-0.2, 0) is 9.59 Å². The lowest BCUT2D eigenvalue weighted by Crippen LogP contribution is -2.28. The summed E-state index contributed by atoms with van der Waals surface area (Å²) in [6, 6.07) is 0. The van der Waals surface area contributed by atoms with Gasteiger partial charge in [0.05, 0.1) is 11.8 Å². The van der Waals surface area contributed by atoms with Gasteiger partial charge < -0.3 is 0 Å². The van der Waals surface area contributed by atoms with Crippen molar-refractivity contribution in [2.75, 3.05) is 0 Å². The Morgan fingerprint density at radius 2 is 2.07 bits per heavy atom. The van der Waals surface area contributed by atoms with Crippen molar-refractivity contribution in [1.82, 2.24) is 5.06 Å². The van der Waals surface area contributed by atoms with Gasteiger partial charge in [0.15, 0.2) is 0 Å². The SMILES string of the molecule is CC1=C[C@@H](C)[C@@H]2C(=O)N(O)C(=O)[C@@H]2C1. The quantitative estimate of drug-likeness (QED) is 0.356. The van der Waals surface area contributed by atoms with Crippen LogP contribution in [0.25, 0.3) is 0 Å². The van der Waals surface area contributed by atoms with E-state index < -0.39 is 11.8 Å². The first-order valence-corrected chi connectivity index (χ1v) is 4.76. The molecule has 1 aliphatic carbocycles. The van der Waals surface area contributed by atoms with E-state index in [4.69, 9.17) is 0 Å². The van der Waals surface area contributed by atoms with Gasteiger partial charge in [-0.15, -0.1) is 0 Å². The molecule has 0 aromatic heterocycles. The molecule has 0 spiro atoms. The first kappa shape index (κ1) is 9.40. The summed E-state index contributed by atoms with van der Waals surface area (Å²) in [5.74, 6) is -1.54. The zero-order valence-corrected chi connectivity index (χ0v) is 8.23. The van der Waals surface area contributed by atoms with E-state index in [0.717, 1.165) is 5.57 Å². The van der Waals surface area contributed by atoms with Crippen LogP contribution in [0.2, 0.25) is 0 Å². The maximum absolute atomic E-state index is 11.5. The molecule has 0 unspecified atom stereocenters. The lowest BCUT2D eigenvalue weighted by Gasteiger charge is -2.25. The van der Waals surface area contributed by atoms with Gasteiger partial charge in [-0.3, -0.25) is 14.8 Å². The van der Waals surface area contributed by atoms with E-state index in [1.807, 2.05) is 19.9 Å². The Labute approximate surface area is 82.2 Å². The van der Waals surface area contributed by atoms with Gasteiger partial charge in [-0.2, -0.15) is 5.06 Å². The number of hydroxylamine groups is 2. The topological polar surface area (TPSA) is 57.6 Å². The number of carbonyl (C=O) groups excluding carboxylic acids is 2. The fraction of sp³-hybridized carbons (Fsp3) is 0.600. The zero-order chi connectivity index (χ0) is 10.5.